The average molecular weight is 424 g/mol. The largest absolute Gasteiger partial charge is 0.383 e. The van der Waals surface area contributed by atoms with E-state index in [0.29, 0.717) is 50.3 Å². The average Bonchev–Trinajstić information content (AvgIpc) is 3.40. The van der Waals surface area contributed by atoms with E-state index in [2.05, 4.69) is 5.10 Å². The number of aryl methyl sites for hydroxylation is 1. The summed E-state index contributed by atoms with van der Waals surface area (Å²) in [5, 5.41) is 4.32. The second kappa shape index (κ2) is 8.53. The van der Waals surface area contributed by atoms with E-state index in [-0.39, 0.29) is 23.5 Å². The highest BCUT2D eigenvalue weighted by atomic mass is 16.2. The van der Waals surface area contributed by atoms with E-state index in [0.717, 1.165) is 17.7 Å². The van der Waals surface area contributed by atoms with Gasteiger partial charge in [0.05, 0.1) is 23.5 Å². The topological polar surface area (TPSA) is 102 Å². The van der Waals surface area contributed by atoms with Gasteiger partial charge in [-0.1, -0.05) is 17.7 Å². The highest BCUT2D eigenvalue weighted by Gasteiger charge is 2.39. The minimum Gasteiger partial charge on any atom is -0.383 e. The van der Waals surface area contributed by atoms with Crippen molar-refractivity contribution in [3.8, 4) is 5.69 Å². The summed E-state index contributed by atoms with van der Waals surface area (Å²) in [5.74, 6) is 0.0622. The molecule has 2 aliphatic rings. The van der Waals surface area contributed by atoms with Gasteiger partial charge in [0.25, 0.3) is 0 Å². The van der Waals surface area contributed by atoms with Gasteiger partial charge in [-0.3, -0.25) is 14.4 Å². The number of hydrogen-bond acceptors (Lipinski definition) is 5. The molecule has 2 aliphatic heterocycles. The van der Waals surface area contributed by atoms with Gasteiger partial charge in [0.15, 0.2) is 5.78 Å². The molecule has 0 saturated carbocycles. The number of carbonyl (C=O) groups is 3. The number of benzene rings is 1. The number of ketones is 1. The SMILES string of the molecule is CC(=O)N1CCC(C(=O)N2CCCC2C(=O)c2cnn(-c3ccc(C)cc3)c2N)CC1. The number of aromatic nitrogens is 2. The molecule has 0 radical (unpaired) electrons. The maximum Gasteiger partial charge on any atom is 0.226 e. The normalized spacial score (nSPS) is 19.6. The molecular formula is C23H29N5O3. The van der Waals surface area contributed by atoms with Gasteiger partial charge in [-0.2, -0.15) is 5.10 Å². The second-order valence-electron chi connectivity index (χ2n) is 8.53. The summed E-state index contributed by atoms with van der Waals surface area (Å²) in [5.41, 5.74) is 8.56. The first-order valence-corrected chi connectivity index (χ1v) is 10.9. The van der Waals surface area contributed by atoms with Crippen molar-refractivity contribution in [2.45, 2.75) is 45.6 Å². The number of nitrogens with zero attached hydrogens (tertiary/aromatic N) is 4. The molecule has 2 N–H and O–H groups in total. The number of likely N-dealkylation sites (tertiary alicyclic amines) is 2. The number of anilines is 1. The number of carbonyl (C=O) groups excluding carboxylic acids is 3. The number of Topliss-reactive ketones (excluding diaryl/α,β-unsaturated/α-hetero) is 1. The van der Waals surface area contributed by atoms with Crippen LogP contribution in [0, 0.1) is 12.8 Å². The molecule has 1 unspecified atom stereocenters. The third-order valence-corrected chi connectivity index (χ3v) is 6.48. The Morgan fingerprint density at radius 1 is 1.03 bits per heavy atom. The maximum atomic E-state index is 13.3. The van der Waals surface area contributed by atoms with Gasteiger partial charge in [-0.25, -0.2) is 4.68 Å². The molecule has 2 amide bonds. The van der Waals surface area contributed by atoms with Gasteiger partial charge in [-0.05, 0) is 44.7 Å². The van der Waals surface area contributed by atoms with Crippen molar-refractivity contribution < 1.29 is 14.4 Å². The summed E-state index contributed by atoms with van der Waals surface area (Å²) in [6.07, 6.45) is 4.21. The molecule has 2 fully saturated rings. The fourth-order valence-corrected chi connectivity index (χ4v) is 4.60. The fourth-order valence-electron chi connectivity index (χ4n) is 4.60. The van der Waals surface area contributed by atoms with Crippen molar-refractivity contribution in [3.63, 3.8) is 0 Å². The number of hydrogen-bond donors (Lipinski definition) is 1. The van der Waals surface area contributed by atoms with Crippen LogP contribution in [0.5, 0.6) is 0 Å². The predicted molar refractivity (Wildman–Crippen MR) is 117 cm³/mol. The Morgan fingerprint density at radius 2 is 1.71 bits per heavy atom. The Morgan fingerprint density at radius 3 is 2.35 bits per heavy atom. The minimum absolute atomic E-state index is 0.0172. The van der Waals surface area contributed by atoms with Crippen molar-refractivity contribution in [2.75, 3.05) is 25.4 Å². The van der Waals surface area contributed by atoms with Crippen LogP contribution in [-0.2, 0) is 9.59 Å². The molecule has 164 valence electrons. The smallest absolute Gasteiger partial charge is 0.226 e. The number of nitrogen functional groups attached to an aromatic ring is 1. The Balaban J connectivity index is 1.49. The maximum absolute atomic E-state index is 13.3. The Labute approximate surface area is 182 Å². The molecule has 31 heavy (non-hydrogen) atoms. The lowest BCUT2D eigenvalue weighted by Crippen LogP contribution is -2.47. The van der Waals surface area contributed by atoms with Crippen molar-refractivity contribution in [1.29, 1.82) is 0 Å². The molecule has 8 nitrogen and oxygen atoms in total. The summed E-state index contributed by atoms with van der Waals surface area (Å²) >= 11 is 0. The molecule has 0 bridgehead atoms. The third kappa shape index (κ3) is 4.06. The molecule has 1 aromatic heterocycles. The van der Waals surface area contributed by atoms with Crippen molar-refractivity contribution in [3.05, 3.63) is 41.6 Å². The van der Waals surface area contributed by atoms with Crippen LogP contribution in [-0.4, -0.2) is 62.9 Å². The van der Waals surface area contributed by atoms with Gasteiger partial charge in [0.1, 0.15) is 5.82 Å². The first-order chi connectivity index (χ1) is 14.9. The summed E-state index contributed by atoms with van der Waals surface area (Å²) in [6, 6.07) is 7.24. The number of piperidine rings is 1. The standard InChI is InChI=1S/C23H29N5O3/c1-15-5-7-18(8-6-15)28-22(24)19(14-25-28)21(30)20-4-3-11-27(20)23(31)17-9-12-26(13-10-17)16(2)29/h5-8,14,17,20H,3-4,9-13,24H2,1-2H3. The van der Waals surface area contributed by atoms with E-state index in [1.165, 1.54) is 6.20 Å². The third-order valence-electron chi connectivity index (χ3n) is 6.48. The van der Waals surface area contributed by atoms with Crippen LogP contribution in [0.25, 0.3) is 5.69 Å². The zero-order valence-electron chi connectivity index (χ0n) is 18.1. The van der Waals surface area contributed by atoms with Crippen molar-refractivity contribution in [2.24, 2.45) is 5.92 Å². The van der Waals surface area contributed by atoms with Crippen LogP contribution in [0.4, 0.5) is 5.82 Å². The number of nitrogens with two attached hydrogens (primary N) is 1. The summed E-state index contributed by atoms with van der Waals surface area (Å²) in [6.45, 7) is 5.32. The van der Waals surface area contributed by atoms with Gasteiger partial charge in [0, 0.05) is 32.5 Å². The van der Waals surface area contributed by atoms with Gasteiger partial charge in [-0.15, -0.1) is 0 Å². The van der Waals surface area contributed by atoms with Crippen LogP contribution in [0.3, 0.4) is 0 Å². The lowest BCUT2D eigenvalue weighted by atomic mass is 9.94. The lowest BCUT2D eigenvalue weighted by molar-refractivity contribution is -0.140. The van der Waals surface area contributed by atoms with E-state index < -0.39 is 6.04 Å². The van der Waals surface area contributed by atoms with Crippen LogP contribution in [0.1, 0.15) is 48.5 Å². The van der Waals surface area contributed by atoms with E-state index in [9.17, 15) is 14.4 Å². The summed E-state index contributed by atoms with van der Waals surface area (Å²) in [7, 11) is 0. The molecule has 4 rings (SSSR count). The first kappa shape index (κ1) is 21.1. The Kier molecular flexibility index (Phi) is 5.80. The lowest BCUT2D eigenvalue weighted by Gasteiger charge is -2.34. The van der Waals surface area contributed by atoms with E-state index >= 15 is 0 Å². The van der Waals surface area contributed by atoms with Crippen LogP contribution in [0.15, 0.2) is 30.5 Å². The molecule has 3 heterocycles. The number of amides is 2. The van der Waals surface area contributed by atoms with Crippen LogP contribution in [0.2, 0.25) is 0 Å². The molecular weight excluding hydrogens is 394 g/mol. The second-order valence-corrected chi connectivity index (χ2v) is 8.53. The zero-order valence-corrected chi connectivity index (χ0v) is 18.1. The summed E-state index contributed by atoms with van der Waals surface area (Å²) in [4.78, 5) is 41.6. The molecule has 1 atom stereocenters. The van der Waals surface area contributed by atoms with E-state index in [1.54, 1.807) is 21.4 Å². The van der Waals surface area contributed by atoms with Gasteiger partial charge >= 0.3 is 0 Å². The molecule has 8 heteroatoms. The predicted octanol–water partition coefficient (Wildman–Crippen LogP) is 2.20. The van der Waals surface area contributed by atoms with Crippen LogP contribution < -0.4 is 5.73 Å². The van der Waals surface area contributed by atoms with Gasteiger partial charge < -0.3 is 15.5 Å². The Hall–Kier alpha value is -3.16. The van der Waals surface area contributed by atoms with Crippen molar-refractivity contribution >= 4 is 23.4 Å². The van der Waals surface area contributed by atoms with Crippen molar-refractivity contribution in [1.82, 2.24) is 19.6 Å². The van der Waals surface area contributed by atoms with E-state index in [1.807, 2.05) is 31.2 Å². The van der Waals surface area contributed by atoms with E-state index in [4.69, 9.17) is 5.73 Å². The minimum atomic E-state index is -0.503. The quantitative estimate of drug-likeness (QED) is 0.760. The number of rotatable bonds is 4. The molecule has 0 aliphatic carbocycles. The first-order valence-electron chi connectivity index (χ1n) is 10.9. The fraction of sp³-hybridized carbons (Fsp3) is 0.478. The molecule has 1 aromatic carbocycles. The van der Waals surface area contributed by atoms with Gasteiger partial charge in [0.2, 0.25) is 11.8 Å². The zero-order chi connectivity index (χ0) is 22.1. The molecule has 2 aromatic rings. The highest BCUT2D eigenvalue weighted by Crippen LogP contribution is 2.29. The monoisotopic (exact) mass is 423 g/mol. The van der Waals surface area contributed by atoms with Crippen LogP contribution >= 0.6 is 0 Å². The Bertz CT molecular complexity index is 989. The summed E-state index contributed by atoms with van der Waals surface area (Å²) < 4.78 is 1.56. The highest BCUT2D eigenvalue weighted by molar-refractivity contribution is 6.05. The molecule has 0 spiro atoms. The molecule has 2 saturated heterocycles.